The molecule has 1 heterocycles. The molecule has 1 nitrogen and oxygen atoms in total. The van der Waals surface area contributed by atoms with Crippen LogP contribution in [0.1, 0.15) is 18.9 Å². The number of benzene rings is 1. The summed E-state index contributed by atoms with van der Waals surface area (Å²) in [7, 11) is 0. The summed E-state index contributed by atoms with van der Waals surface area (Å²) >= 11 is 18.6. The van der Waals surface area contributed by atoms with Gasteiger partial charge in [-0.1, -0.05) is 36.2 Å². The molecule has 1 aliphatic rings. The molecule has 0 saturated carbocycles. The fourth-order valence-corrected chi connectivity index (χ4v) is 2.95. The van der Waals surface area contributed by atoms with E-state index in [1.807, 2.05) is 18.2 Å². The second-order valence-electron chi connectivity index (χ2n) is 4.72. The average Bonchev–Trinajstić information content (AvgIpc) is 2.28. The highest BCUT2D eigenvalue weighted by Crippen LogP contribution is 2.28. The number of alkyl halides is 1. The number of hydrogen-bond acceptors (Lipinski definition) is 1. The summed E-state index contributed by atoms with van der Waals surface area (Å²) in [5, 5.41) is 1.80. The van der Waals surface area contributed by atoms with Gasteiger partial charge in [-0.2, -0.15) is 0 Å². The van der Waals surface area contributed by atoms with Crippen molar-refractivity contribution in [1.29, 1.82) is 0 Å². The Bertz CT molecular complexity index is 374. The largest absolute Gasteiger partial charge is 0.299 e. The van der Waals surface area contributed by atoms with Crippen molar-refractivity contribution in [2.45, 2.75) is 25.3 Å². The molecule has 0 aromatic heterocycles. The van der Waals surface area contributed by atoms with Gasteiger partial charge in [-0.3, -0.25) is 4.90 Å². The molecule has 1 fully saturated rings. The molecule has 1 aromatic carbocycles. The number of piperidine rings is 1. The summed E-state index contributed by atoms with van der Waals surface area (Å²) in [6.07, 6.45) is 1.03. The van der Waals surface area contributed by atoms with Crippen molar-refractivity contribution in [2.75, 3.05) is 13.1 Å². The molecule has 0 bridgehead atoms. The maximum atomic E-state index is 6.22. The van der Waals surface area contributed by atoms with Crippen LogP contribution in [-0.2, 0) is 6.54 Å². The van der Waals surface area contributed by atoms with E-state index in [0.29, 0.717) is 11.3 Å². The highest BCUT2D eigenvalue weighted by Gasteiger charge is 2.24. The molecule has 0 radical (unpaired) electrons. The van der Waals surface area contributed by atoms with Crippen LogP contribution in [0, 0.1) is 5.92 Å². The average molecular weight is 293 g/mol. The smallest absolute Gasteiger partial charge is 0.0465 e. The van der Waals surface area contributed by atoms with Crippen LogP contribution in [0.3, 0.4) is 0 Å². The first-order valence-electron chi connectivity index (χ1n) is 5.87. The van der Waals surface area contributed by atoms with Crippen LogP contribution in [0.25, 0.3) is 0 Å². The molecular weight excluding hydrogens is 277 g/mol. The molecule has 2 rings (SSSR count). The number of rotatable bonds is 2. The molecule has 94 valence electrons. The molecule has 0 aliphatic carbocycles. The van der Waals surface area contributed by atoms with Crippen LogP contribution in [0.4, 0.5) is 0 Å². The van der Waals surface area contributed by atoms with E-state index in [1.165, 1.54) is 0 Å². The molecule has 1 saturated heterocycles. The lowest BCUT2D eigenvalue weighted by Gasteiger charge is -2.34. The normalized spacial score (nSPS) is 26.1. The quantitative estimate of drug-likeness (QED) is 0.728. The van der Waals surface area contributed by atoms with Gasteiger partial charge in [0, 0.05) is 34.1 Å². The molecule has 1 aromatic rings. The van der Waals surface area contributed by atoms with Crippen molar-refractivity contribution in [2.24, 2.45) is 5.92 Å². The van der Waals surface area contributed by atoms with E-state index in [2.05, 4.69) is 11.8 Å². The van der Waals surface area contributed by atoms with E-state index < -0.39 is 0 Å². The topological polar surface area (TPSA) is 3.24 Å². The predicted octanol–water partition coefficient (Wildman–Crippen LogP) is 4.44. The molecule has 0 spiro atoms. The maximum absolute atomic E-state index is 6.22. The zero-order valence-corrected chi connectivity index (χ0v) is 12.1. The predicted molar refractivity (Wildman–Crippen MR) is 75.2 cm³/mol. The van der Waals surface area contributed by atoms with Gasteiger partial charge in [0.25, 0.3) is 0 Å². The third kappa shape index (κ3) is 3.29. The second-order valence-corrected chi connectivity index (χ2v) is 6.09. The van der Waals surface area contributed by atoms with E-state index in [-0.39, 0.29) is 0 Å². The fourth-order valence-electron chi connectivity index (χ4n) is 2.25. The Labute approximate surface area is 118 Å². The van der Waals surface area contributed by atoms with Crippen molar-refractivity contribution >= 4 is 34.8 Å². The van der Waals surface area contributed by atoms with Gasteiger partial charge in [0.1, 0.15) is 0 Å². The zero-order chi connectivity index (χ0) is 12.4. The lowest BCUT2D eigenvalue weighted by atomic mass is 9.99. The fraction of sp³-hybridized carbons (Fsp3) is 0.538. The summed E-state index contributed by atoms with van der Waals surface area (Å²) in [6.45, 7) is 5.03. The van der Waals surface area contributed by atoms with E-state index in [9.17, 15) is 0 Å². The van der Waals surface area contributed by atoms with Crippen LogP contribution in [0.15, 0.2) is 18.2 Å². The first-order valence-corrected chi connectivity index (χ1v) is 7.06. The van der Waals surface area contributed by atoms with Crippen LogP contribution >= 0.6 is 34.8 Å². The molecule has 0 N–H and O–H groups in total. The summed E-state index contributed by atoms with van der Waals surface area (Å²) in [4.78, 5) is 2.37. The van der Waals surface area contributed by atoms with Gasteiger partial charge in [0.15, 0.2) is 0 Å². The molecule has 17 heavy (non-hydrogen) atoms. The first kappa shape index (κ1) is 13.5. The molecule has 4 heteroatoms. The highest BCUT2D eigenvalue weighted by molar-refractivity contribution is 6.35. The molecule has 2 unspecified atom stereocenters. The summed E-state index contributed by atoms with van der Waals surface area (Å²) in [5.41, 5.74) is 1.02. The summed E-state index contributed by atoms with van der Waals surface area (Å²) in [5.74, 6) is 0.520. The van der Waals surface area contributed by atoms with Crippen molar-refractivity contribution in [3.8, 4) is 0 Å². The van der Waals surface area contributed by atoms with Crippen molar-refractivity contribution in [3.05, 3.63) is 33.8 Å². The van der Waals surface area contributed by atoms with Gasteiger partial charge in [0.2, 0.25) is 0 Å². The minimum atomic E-state index is 0.299. The Morgan fingerprint density at radius 1 is 1.29 bits per heavy atom. The van der Waals surface area contributed by atoms with Crippen LogP contribution in [0.5, 0.6) is 0 Å². The SMILES string of the molecule is CC1CN(Cc2c(Cl)cccc2Cl)CCC1Cl. The lowest BCUT2D eigenvalue weighted by Crippen LogP contribution is -2.39. The highest BCUT2D eigenvalue weighted by atomic mass is 35.5. The summed E-state index contributed by atoms with van der Waals surface area (Å²) < 4.78 is 0. The molecule has 0 amide bonds. The van der Waals surface area contributed by atoms with E-state index >= 15 is 0 Å². The molecular formula is C13H16Cl3N. The Morgan fingerprint density at radius 3 is 2.53 bits per heavy atom. The Balaban J connectivity index is 2.06. The third-order valence-electron chi connectivity index (χ3n) is 3.33. The number of halogens is 3. The van der Waals surface area contributed by atoms with E-state index in [1.54, 1.807) is 0 Å². The van der Waals surface area contributed by atoms with Gasteiger partial charge in [0.05, 0.1) is 0 Å². The number of likely N-dealkylation sites (tertiary alicyclic amines) is 1. The Kier molecular flexibility index (Phi) is 4.59. The zero-order valence-electron chi connectivity index (χ0n) is 9.80. The second kappa shape index (κ2) is 5.79. The molecule has 2 atom stereocenters. The Hall–Kier alpha value is 0.0500. The van der Waals surface area contributed by atoms with E-state index in [4.69, 9.17) is 34.8 Å². The minimum absolute atomic E-state index is 0.299. The number of nitrogens with zero attached hydrogens (tertiary/aromatic N) is 1. The van der Waals surface area contributed by atoms with Gasteiger partial charge >= 0.3 is 0 Å². The van der Waals surface area contributed by atoms with Crippen molar-refractivity contribution in [3.63, 3.8) is 0 Å². The van der Waals surface area contributed by atoms with Crippen LogP contribution in [-0.4, -0.2) is 23.4 Å². The van der Waals surface area contributed by atoms with Gasteiger partial charge < -0.3 is 0 Å². The minimum Gasteiger partial charge on any atom is -0.299 e. The lowest BCUT2D eigenvalue weighted by molar-refractivity contribution is 0.180. The van der Waals surface area contributed by atoms with Crippen LogP contribution < -0.4 is 0 Å². The number of hydrogen-bond donors (Lipinski definition) is 0. The first-order chi connectivity index (χ1) is 8.08. The van der Waals surface area contributed by atoms with Gasteiger partial charge in [-0.15, -0.1) is 11.6 Å². The standard InChI is InChI=1S/C13H16Cl3N/c1-9-7-17(6-5-11(9)14)8-10-12(15)3-2-4-13(10)16/h2-4,9,11H,5-8H2,1H3. The molecule has 1 aliphatic heterocycles. The van der Waals surface area contributed by atoms with Crippen molar-refractivity contribution < 1.29 is 0 Å². The van der Waals surface area contributed by atoms with E-state index in [0.717, 1.165) is 41.7 Å². The van der Waals surface area contributed by atoms with Gasteiger partial charge in [-0.25, -0.2) is 0 Å². The van der Waals surface area contributed by atoms with Crippen LogP contribution in [0.2, 0.25) is 10.0 Å². The third-order valence-corrected chi connectivity index (χ3v) is 4.68. The monoisotopic (exact) mass is 291 g/mol. The summed E-state index contributed by atoms with van der Waals surface area (Å²) in [6, 6.07) is 5.66. The Morgan fingerprint density at radius 2 is 1.94 bits per heavy atom. The van der Waals surface area contributed by atoms with Crippen molar-refractivity contribution in [1.82, 2.24) is 4.90 Å². The maximum Gasteiger partial charge on any atom is 0.0465 e. The van der Waals surface area contributed by atoms with Gasteiger partial charge in [-0.05, 0) is 31.0 Å².